The standard InChI is InChI=1S/C18H18N2O4/c1-11(2)17(19)16-14(5-4-6-15(16)20(22)23)18(21)12-7-9-13(24-3)10-8-12/h4-10H,19H2,1-3H3. The highest BCUT2D eigenvalue weighted by atomic mass is 16.6. The van der Waals surface area contributed by atoms with Crippen molar-refractivity contribution in [1.29, 1.82) is 0 Å². The molecule has 0 bridgehead atoms. The number of ketones is 1. The number of ether oxygens (including phenoxy) is 1. The van der Waals surface area contributed by atoms with Crippen molar-refractivity contribution < 1.29 is 14.5 Å². The Labute approximate surface area is 139 Å². The molecule has 0 heterocycles. The van der Waals surface area contributed by atoms with E-state index in [9.17, 15) is 14.9 Å². The van der Waals surface area contributed by atoms with E-state index in [0.717, 1.165) is 0 Å². The minimum atomic E-state index is -0.532. The van der Waals surface area contributed by atoms with Gasteiger partial charge in [-0.3, -0.25) is 14.9 Å². The lowest BCUT2D eigenvalue weighted by Gasteiger charge is -2.11. The van der Waals surface area contributed by atoms with Gasteiger partial charge in [-0.25, -0.2) is 0 Å². The zero-order valence-corrected chi connectivity index (χ0v) is 13.7. The van der Waals surface area contributed by atoms with E-state index in [4.69, 9.17) is 10.5 Å². The van der Waals surface area contributed by atoms with Crippen LogP contribution in [0.3, 0.4) is 0 Å². The van der Waals surface area contributed by atoms with Crippen molar-refractivity contribution in [3.05, 3.63) is 74.8 Å². The average Bonchev–Trinajstić information content (AvgIpc) is 2.59. The maximum Gasteiger partial charge on any atom is 0.279 e. The summed E-state index contributed by atoms with van der Waals surface area (Å²) in [5.74, 6) is 0.287. The van der Waals surface area contributed by atoms with E-state index < -0.39 is 4.92 Å². The van der Waals surface area contributed by atoms with Crippen LogP contribution in [0.5, 0.6) is 5.75 Å². The minimum Gasteiger partial charge on any atom is -0.497 e. The predicted molar refractivity (Wildman–Crippen MR) is 92.0 cm³/mol. The second-order valence-electron chi connectivity index (χ2n) is 5.43. The lowest BCUT2D eigenvalue weighted by Crippen LogP contribution is -2.11. The fourth-order valence-electron chi connectivity index (χ4n) is 2.31. The molecule has 0 saturated heterocycles. The third-order valence-electron chi connectivity index (χ3n) is 3.64. The summed E-state index contributed by atoms with van der Waals surface area (Å²) in [7, 11) is 1.53. The molecule has 0 aliphatic heterocycles. The molecule has 6 heteroatoms. The number of nitro groups is 1. The summed E-state index contributed by atoms with van der Waals surface area (Å²) in [5.41, 5.74) is 7.55. The largest absolute Gasteiger partial charge is 0.497 e. The van der Waals surface area contributed by atoms with E-state index in [-0.39, 0.29) is 28.3 Å². The van der Waals surface area contributed by atoms with Crippen LogP contribution >= 0.6 is 0 Å². The monoisotopic (exact) mass is 326 g/mol. The van der Waals surface area contributed by atoms with Crippen LogP contribution in [-0.2, 0) is 0 Å². The highest BCUT2D eigenvalue weighted by Crippen LogP contribution is 2.30. The number of nitrogens with zero attached hydrogens (tertiary/aromatic N) is 1. The number of nitro benzene ring substituents is 1. The number of allylic oxidation sites excluding steroid dienone is 1. The van der Waals surface area contributed by atoms with Crippen molar-refractivity contribution in [1.82, 2.24) is 0 Å². The van der Waals surface area contributed by atoms with Crippen LogP contribution in [0.2, 0.25) is 0 Å². The third-order valence-corrected chi connectivity index (χ3v) is 3.64. The van der Waals surface area contributed by atoms with Gasteiger partial charge in [0.1, 0.15) is 5.75 Å². The number of carbonyl (C=O) groups is 1. The Morgan fingerprint density at radius 3 is 2.25 bits per heavy atom. The molecule has 0 radical (unpaired) electrons. The minimum absolute atomic E-state index is 0.156. The number of methoxy groups -OCH3 is 1. The molecule has 2 aromatic rings. The van der Waals surface area contributed by atoms with Crippen LogP contribution in [0.1, 0.15) is 35.3 Å². The maximum absolute atomic E-state index is 12.8. The Kier molecular flexibility index (Phi) is 4.99. The Hall–Kier alpha value is -3.15. The fourth-order valence-corrected chi connectivity index (χ4v) is 2.31. The van der Waals surface area contributed by atoms with E-state index in [1.54, 1.807) is 44.2 Å². The summed E-state index contributed by atoms with van der Waals surface area (Å²) >= 11 is 0. The maximum atomic E-state index is 12.8. The molecular weight excluding hydrogens is 308 g/mol. The van der Waals surface area contributed by atoms with Crippen molar-refractivity contribution in [2.45, 2.75) is 13.8 Å². The second kappa shape index (κ2) is 6.95. The molecule has 2 aromatic carbocycles. The quantitative estimate of drug-likeness (QED) is 0.515. The highest BCUT2D eigenvalue weighted by Gasteiger charge is 2.24. The van der Waals surface area contributed by atoms with Crippen molar-refractivity contribution in [3.8, 4) is 5.75 Å². The Bertz CT molecular complexity index is 819. The number of benzene rings is 2. The van der Waals surface area contributed by atoms with Gasteiger partial charge in [-0.2, -0.15) is 0 Å². The van der Waals surface area contributed by atoms with Crippen molar-refractivity contribution in [3.63, 3.8) is 0 Å². The van der Waals surface area contributed by atoms with E-state index in [1.165, 1.54) is 19.2 Å². The first kappa shape index (κ1) is 17.2. The first-order valence-electron chi connectivity index (χ1n) is 7.26. The zero-order valence-electron chi connectivity index (χ0n) is 13.7. The third kappa shape index (κ3) is 3.27. The molecule has 124 valence electrons. The van der Waals surface area contributed by atoms with Crippen LogP contribution in [0.4, 0.5) is 5.69 Å². The predicted octanol–water partition coefficient (Wildman–Crippen LogP) is 3.54. The van der Waals surface area contributed by atoms with Gasteiger partial charge in [0.05, 0.1) is 17.6 Å². The lowest BCUT2D eigenvalue weighted by molar-refractivity contribution is -0.385. The van der Waals surface area contributed by atoms with Crippen molar-refractivity contribution in [2.24, 2.45) is 5.73 Å². The van der Waals surface area contributed by atoms with Gasteiger partial charge in [-0.1, -0.05) is 11.6 Å². The number of rotatable bonds is 5. The molecule has 0 aromatic heterocycles. The van der Waals surface area contributed by atoms with Gasteiger partial charge in [-0.05, 0) is 44.2 Å². The SMILES string of the molecule is COc1ccc(C(=O)c2cccc([N+](=O)[O-])c2C(N)=C(C)C)cc1. The number of carbonyl (C=O) groups excluding carboxylic acids is 1. The summed E-state index contributed by atoms with van der Waals surface area (Å²) in [6.45, 7) is 3.49. The van der Waals surface area contributed by atoms with Crippen LogP contribution in [0.15, 0.2) is 48.0 Å². The van der Waals surface area contributed by atoms with Crippen LogP contribution in [-0.4, -0.2) is 17.8 Å². The van der Waals surface area contributed by atoms with Gasteiger partial charge in [0.15, 0.2) is 5.78 Å². The summed E-state index contributed by atoms with van der Waals surface area (Å²) < 4.78 is 5.07. The van der Waals surface area contributed by atoms with Gasteiger partial charge >= 0.3 is 0 Å². The number of nitrogens with two attached hydrogens (primary N) is 1. The normalized spacial score (nSPS) is 10.1. The summed E-state index contributed by atoms with van der Waals surface area (Å²) in [4.78, 5) is 23.6. The molecule has 24 heavy (non-hydrogen) atoms. The van der Waals surface area contributed by atoms with E-state index in [1.807, 2.05) is 0 Å². The highest BCUT2D eigenvalue weighted by molar-refractivity contribution is 6.12. The van der Waals surface area contributed by atoms with Crippen LogP contribution in [0.25, 0.3) is 5.70 Å². The molecule has 0 fully saturated rings. The molecule has 2 N–H and O–H groups in total. The molecule has 0 saturated carbocycles. The fraction of sp³-hybridized carbons (Fsp3) is 0.167. The zero-order chi connectivity index (χ0) is 17.9. The molecule has 0 unspecified atom stereocenters. The van der Waals surface area contributed by atoms with Gasteiger partial charge < -0.3 is 10.5 Å². The number of hydrogen-bond acceptors (Lipinski definition) is 5. The van der Waals surface area contributed by atoms with E-state index in [2.05, 4.69) is 0 Å². The topological polar surface area (TPSA) is 95.5 Å². The lowest BCUT2D eigenvalue weighted by atomic mass is 9.94. The molecule has 0 aliphatic carbocycles. The van der Waals surface area contributed by atoms with Crippen LogP contribution < -0.4 is 10.5 Å². The van der Waals surface area contributed by atoms with Gasteiger partial charge in [0.25, 0.3) is 5.69 Å². The van der Waals surface area contributed by atoms with Crippen LogP contribution in [0, 0.1) is 10.1 Å². The molecule has 0 atom stereocenters. The molecule has 6 nitrogen and oxygen atoms in total. The Balaban J connectivity index is 2.64. The van der Waals surface area contributed by atoms with Crippen molar-refractivity contribution >= 4 is 17.2 Å². The van der Waals surface area contributed by atoms with E-state index >= 15 is 0 Å². The Morgan fingerprint density at radius 2 is 1.75 bits per heavy atom. The first-order chi connectivity index (χ1) is 11.4. The molecular formula is C18H18N2O4. The summed E-state index contributed by atoms with van der Waals surface area (Å²) in [6.07, 6.45) is 0. The second-order valence-corrected chi connectivity index (χ2v) is 5.43. The van der Waals surface area contributed by atoms with Crippen molar-refractivity contribution in [2.75, 3.05) is 7.11 Å². The molecule has 2 rings (SSSR count). The molecule has 0 aliphatic rings. The van der Waals surface area contributed by atoms with Gasteiger partial charge in [-0.15, -0.1) is 0 Å². The Morgan fingerprint density at radius 1 is 1.12 bits per heavy atom. The first-order valence-corrected chi connectivity index (χ1v) is 7.26. The molecule has 0 spiro atoms. The van der Waals surface area contributed by atoms with Gasteiger partial charge in [0.2, 0.25) is 0 Å². The summed E-state index contributed by atoms with van der Waals surface area (Å²) in [6, 6.07) is 10.9. The smallest absolute Gasteiger partial charge is 0.279 e. The average molecular weight is 326 g/mol. The van der Waals surface area contributed by atoms with Gasteiger partial charge in [0, 0.05) is 22.9 Å². The molecule has 0 amide bonds. The van der Waals surface area contributed by atoms with E-state index in [0.29, 0.717) is 16.9 Å². The summed E-state index contributed by atoms with van der Waals surface area (Å²) in [5, 5.41) is 11.3. The number of hydrogen-bond donors (Lipinski definition) is 1.